The van der Waals surface area contributed by atoms with E-state index in [2.05, 4.69) is 12.0 Å². The van der Waals surface area contributed by atoms with Crippen LogP contribution in [-0.4, -0.2) is 15.7 Å². The largest absolute Gasteiger partial charge is 0.404 e. The highest BCUT2D eigenvalue weighted by Crippen LogP contribution is 2.21. The molecule has 1 aromatic heterocycles. The van der Waals surface area contributed by atoms with E-state index in [1.165, 1.54) is 11.6 Å². The summed E-state index contributed by atoms with van der Waals surface area (Å²) in [4.78, 5) is 12.2. The molecule has 0 fully saturated rings. The number of hydrogen-bond acceptors (Lipinski definition) is 3. The second-order valence-electron chi connectivity index (χ2n) is 6.14. The molecule has 3 aromatic rings. The van der Waals surface area contributed by atoms with Crippen molar-refractivity contribution in [1.29, 1.82) is 0 Å². The quantitative estimate of drug-likeness (QED) is 0.478. The summed E-state index contributed by atoms with van der Waals surface area (Å²) in [5.74, 6) is 0.00479. The highest BCUT2D eigenvalue weighted by molar-refractivity contribution is 5.88. The Hall–Kier alpha value is -3.14. The van der Waals surface area contributed by atoms with Crippen LogP contribution >= 0.6 is 0 Å². The Kier molecular flexibility index (Phi) is 5.64. The van der Waals surface area contributed by atoms with Crippen LogP contribution in [0, 0.1) is 6.92 Å². The van der Waals surface area contributed by atoms with Crippen molar-refractivity contribution in [2.75, 3.05) is 0 Å². The van der Waals surface area contributed by atoms with E-state index < -0.39 is 5.97 Å². The number of carbonyl (C=O) groups is 1. The lowest BCUT2D eigenvalue weighted by atomic mass is 10.2. The molecule has 0 N–H and O–H groups in total. The number of aryl methyl sites for hydroxylation is 2. The average Bonchev–Trinajstić information content (AvgIpc) is 3.04. The summed E-state index contributed by atoms with van der Waals surface area (Å²) in [5, 5.41) is 4.59. The van der Waals surface area contributed by atoms with E-state index in [-0.39, 0.29) is 0 Å². The van der Waals surface area contributed by atoms with Crippen molar-refractivity contribution in [1.82, 2.24) is 9.78 Å². The van der Waals surface area contributed by atoms with Gasteiger partial charge in [0.05, 0.1) is 11.4 Å². The second kappa shape index (κ2) is 8.30. The van der Waals surface area contributed by atoms with Gasteiger partial charge in [-0.25, -0.2) is 9.48 Å². The highest BCUT2D eigenvalue weighted by Gasteiger charge is 2.13. The molecule has 4 nitrogen and oxygen atoms in total. The maximum Gasteiger partial charge on any atom is 0.337 e. The van der Waals surface area contributed by atoms with Crippen molar-refractivity contribution in [2.24, 2.45) is 0 Å². The van der Waals surface area contributed by atoms with Gasteiger partial charge in [-0.15, -0.1) is 0 Å². The van der Waals surface area contributed by atoms with Gasteiger partial charge in [0.15, 0.2) is 0 Å². The Morgan fingerprint density at radius 3 is 2.54 bits per heavy atom. The third kappa shape index (κ3) is 4.48. The average molecular weight is 346 g/mol. The Bertz CT molecular complexity index is 894. The van der Waals surface area contributed by atoms with Gasteiger partial charge >= 0.3 is 5.97 Å². The molecule has 0 atom stereocenters. The summed E-state index contributed by atoms with van der Waals surface area (Å²) >= 11 is 0. The van der Waals surface area contributed by atoms with E-state index in [1.54, 1.807) is 10.8 Å². The van der Waals surface area contributed by atoms with E-state index in [9.17, 15) is 4.79 Å². The molecule has 0 radical (unpaired) electrons. The van der Waals surface area contributed by atoms with Crippen molar-refractivity contribution in [3.8, 4) is 11.6 Å². The molecule has 0 bridgehead atoms. The molecule has 2 aromatic carbocycles. The Labute approximate surface area is 153 Å². The SMILES string of the molecule is CCCc1cc(OC(=O)C=Cc2ccccc2)n(-c2ccc(C)cc2)n1. The van der Waals surface area contributed by atoms with Gasteiger partial charge in [-0.2, -0.15) is 5.10 Å². The number of rotatable bonds is 6. The molecular formula is C22H22N2O2. The van der Waals surface area contributed by atoms with Crippen molar-refractivity contribution in [3.05, 3.63) is 83.6 Å². The predicted octanol–water partition coefficient (Wildman–Crippen LogP) is 4.75. The third-order valence-electron chi connectivity index (χ3n) is 3.93. The maximum absolute atomic E-state index is 12.2. The van der Waals surface area contributed by atoms with Gasteiger partial charge in [-0.3, -0.25) is 0 Å². The van der Waals surface area contributed by atoms with Gasteiger partial charge in [0.2, 0.25) is 5.88 Å². The molecule has 0 aliphatic rings. The van der Waals surface area contributed by atoms with Crippen LogP contribution < -0.4 is 4.74 Å². The fraction of sp³-hybridized carbons (Fsp3) is 0.182. The van der Waals surface area contributed by atoms with Crippen molar-refractivity contribution >= 4 is 12.0 Å². The van der Waals surface area contributed by atoms with Crippen LogP contribution in [0.5, 0.6) is 5.88 Å². The van der Waals surface area contributed by atoms with Crippen LogP contribution in [0.4, 0.5) is 0 Å². The molecule has 0 unspecified atom stereocenters. The van der Waals surface area contributed by atoms with Gasteiger partial charge in [0, 0.05) is 12.1 Å². The smallest absolute Gasteiger partial charge is 0.337 e. The first kappa shape index (κ1) is 17.7. The minimum Gasteiger partial charge on any atom is -0.404 e. The van der Waals surface area contributed by atoms with Crippen molar-refractivity contribution < 1.29 is 9.53 Å². The van der Waals surface area contributed by atoms with Crippen LogP contribution in [0.15, 0.2) is 66.7 Å². The molecule has 26 heavy (non-hydrogen) atoms. The fourth-order valence-electron chi connectivity index (χ4n) is 2.60. The van der Waals surface area contributed by atoms with E-state index in [4.69, 9.17) is 4.74 Å². The molecule has 0 aliphatic heterocycles. The molecule has 4 heteroatoms. The maximum atomic E-state index is 12.2. The van der Waals surface area contributed by atoms with Crippen LogP contribution in [0.3, 0.4) is 0 Å². The van der Waals surface area contributed by atoms with E-state index in [1.807, 2.05) is 67.6 Å². The van der Waals surface area contributed by atoms with E-state index in [0.29, 0.717) is 5.88 Å². The van der Waals surface area contributed by atoms with Crippen LogP contribution in [0.2, 0.25) is 0 Å². The number of hydrogen-bond donors (Lipinski definition) is 0. The second-order valence-corrected chi connectivity index (χ2v) is 6.14. The lowest BCUT2D eigenvalue weighted by molar-refractivity contribution is -0.129. The number of carbonyl (C=O) groups excluding carboxylic acids is 1. The van der Waals surface area contributed by atoms with Gasteiger partial charge in [-0.05, 0) is 37.1 Å². The Balaban J connectivity index is 1.82. The topological polar surface area (TPSA) is 44.1 Å². The number of ether oxygens (including phenoxy) is 1. The summed E-state index contributed by atoms with van der Waals surface area (Å²) in [5.41, 5.74) is 3.89. The minimum absolute atomic E-state index is 0.426. The monoisotopic (exact) mass is 346 g/mol. The molecule has 3 rings (SSSR count). The van der Waals surface area contributed by atoms with E-state index in [0.717, 1.165) is 29.8 Å². The predicted molar refractivity (Wildman–Crippen MR) is 103 cm³/mol. The number of benzene rings is 2. The zero-order valence-electron chi connectivity index (χ0n) is 15.1. The lowest BCUT2D eigenvalue weighted by Gasteiger charge is -2.07. The first-order chi connectivity index (χ1) is 12.7. The van der Waals surface area contributed by atoms with Gasteiger partial charge in [-0.1, -0.05) is 61.4 Å². The molecule has 132 valence electrons. The number of nitrogens with zero attached hydrogens (tertiary/aromatic N) is 2. The minimum atomic E-state index is -0.426. The fourth-order valence-corrected chi connectivity index (χ4v) is 2.60. The van der Waals surface area contributed by atoms with Gasteiger partial charge in [0.25, 0.3) is 0 Å². The van der Waals surface area contributed by atoms with Crippen LogP contribution in [-0.2, 0) is 11.2 Å². The molecule has 0 saturated heterocycles. The summed E-state index contributed by atoms with van der Waals surface area (Å²) in [7, 11) is 0. The standard InChI is InChI=1S/C22H22N2O2/c1-3-7-19-16-21(24(23-19)20-13-10-17(2)11-14-20)26-22(25)15-12-18-8-5-4-6-9-18/h4-6,8-16H,3,7H2,1-2H3. The molecular weight excluding hydrogens is 324 g/mol. The number of aromatic nitrogens is 2. The Morgan fingerprint density at radius 2 is 1.85 bits per heavy atom. The first-order valence-electron chi connectivity index (χ1n) is 8.76. The zero-order chi connectivity index (χ0) is 18.4. The lowest BCUT2D eigenvalue weighted by Crippen LogP contribution is -2.08. The van der Waals surface area contributed by atoms with Crippen LogP contribution in [0.25, 0.3) is 11.8 Å². The molecule has 1 heterocycles. The summed E-state index contributed by atoms with van der Waals surface area (Å²) in [6.45, 7) is 4.13. The highest BCUT2D eigenvalue weighted by atomic mass is 16.5. The number of esters is 1. The van der Waals surface area contributed by atoms with Gasteiger partial charge < -0.3 is 4.74 Å². The summed E-state index contributed by atoms with van der Waals surface area (Å²) in [6, 6.07) is 19.4. The Morgan fingerprint density at radius 1 is 1.12 bits per heavy atom. The molecule has 0 amide bonds. The molecule has 0 saturated carbocycles. The zero-order valence-corrected chi connectivity index (χ0v) is 15.1. The van der Waals surface area contributed by atoms with Crippen molar-refractivity contribution in [2.45, 2.75) is 26.7 Å². The molecule has 0 spiro atoms. The summed E-state index contributed by atoms with van der Waals surface area (Å²) < 4.78 is 7.23. The molecule has 0 aliphatic carbocycles. The summed E-state index contributed by atoms with van der Waals surface area (Å²) in [6.07, 6.45) is 4.98. The third-order valence-corrected chi connectivity index (χ3v) is 3.93. The normalized spacial score (nSPS) is 11.0. The van der Waals surface area contributed by atoms with E-state index >= 15 is 0 Å². The first-order valence-corrected chi connectivity index (χ1v) is 8.76. The van der Waals surface area contributed by atoms with Crippen molar-refractivity contribution in [3.63, 3.8) is 0 Å². The van der Waals surface area contributed by atoms with Gasteiger partial charge in [0.1, 0.15) is 0 Å². The van der Waals surface area contributed by atoms with Crippen LogP contribution in [0.1, 0.15) is 30.2 Å².